The number of nitrogens with one attached hydrogen (secondary N) is 1. The molecule has 144 valence electrons. The summed E-state index contributed by atoms with van der Waals surface area (Å²) < 4.78 is 11.4. The van der Waals surface area contributed by atoms with Crippen LogP contribution in [0.15, 0.2) is 42.5 Å². The van der Waals surface area contributed by atoms with E-state index in [4.69, 9.17) is 14.6 Å². The third kappa shape index (κ3) is 7.65. The molecule has 0 saturated carbocycles. The highest BCUT2D eigenvalue weighted by molar-refractivity contribution is 5.85. The number of unbranched alkanes of at least 4 members (excludes halogenated alkanes) is 2. The number of hydrogen-bond acceptors (Lipinski definition) is 4. The van der Waals surface area contributed by atoms with E-state index in [-0.39, 0.29) is 19.0 Å². The normalized spacial score (nSPS) is 10.3. The Kier molecular flexibility index (Phi) is 10.8. The molecule has 0 spiro atoms. The molecule has 0 bridgehead atoms. The van der Waals surface area contributed by atoms with Gasteiger partial charge in [0.2, 0.25) is 0 Å². The summed E-state index contributed by atoms with van der Waals surface area (Å²) >= 11 is 0. The van der Waals surface area contributed by atoms with Crippen LogP contribution in [0.4, 0.5) is 0 Å². The molecule has 2 N–H and O–H groups in total. The smallest absolute Gasteiger partial charge is 0.161 e. The van der Waals surface area contributed by atoms with E-state index in [1.165, 1.54) is 11.1 Å². The summed E-state index contributed by atoms with van der Waals surface area (Å²) in [6.07, 6.45) is 3.01. The fourth-order valence-electron chi connectivity index (χ4n) is 2.68. The summed E-state index contributed by atoms with van der Waals surface area (Å²) in [6.45, 7) is 4.64. The molecule has 0 aliphatic rings. The molecular weight excluding hydrogens is 350 g/mol. The van der Waals surface area contributed by atoms with E-state index in [0.29, 0.717) is 6.61 Å². The topological polar surface area (TPSA) is 50.7 Å². The van der Waals surface area contributed by atoms with Gasteiger partial charge in [0, 0.05) is 13.2 Å². The monoisotopic (exact) mass is 379 g/mol. The minimum atomic E-state index is 0. The molecule has 0 aromatic heterocycles. The number of rotatable bonds is 11. The Morgan fingerprint density at radius 1 is 0.962 bits per heavy atom. The second kappa shape index (κ2) is 12.6. The summed E-state index contributed by atoms with van der Waals surface area (Å²) in [7, 11) is 1.67. The molecule has 2 rings (SSSR count). The average Bonchev–Trinajstić information content (AvgIpc) is 2.63. The number of aryl methyl sites for hydroxylation is 1. The number of aliphatic hydroxyl groups excluding tert-OH is 1. The lowest BCUT2D eigenvalue weighted by Crippen LogP contribution is -2.14. The molecule has 0 radical (unpaired) electrons. The van der Waals surface area contributed by atoms with Crippen molar-refractivity contribution in [2.75, 3.05) is 20.3 Å². The molecule has 26 heavy (non-hydrogen) atoms. The SMILES string of the molecule is COc1cc(CNCCCCCO)ccc1OCc1cccc(C)c1.Cl. The highest BCUT2D eigenvalue weighted by Gasteiger charge is 2.06. The van der Waals surface area contributed by atoms with E-state index in [0.717, 1.165) is 49.4 Å². The zero-order valence-electron chi connectivity index (χ0n) is 15.7. The molecule has 0 amide bonds. The van der Waals surface area contributed by atoms with Crippen molar-refractivity contribution < 1.29 is 14.6 Å². The van der Waals surface area contributed by atoms with Gasteiger partial charge in [0.15, 0.2) is 11.5 Å². The highest BCUT2D eigenvalue weighted by atomic mass is 35.5. The predicted octanol–water partition coefficient (Wildman–Crippen LogP) is 4.26. The van der Waals surface area contributed by atoms with Crippen LogP contribution in [0.1, 0.15) is 36.0 Å². The molecule has 2 aromatic carbocycles. The van der Waals surface area contributed by atoms with Crippen molar-refractivity contribution in [1.82, 2.24) is 5.32 Å². The van der Waals surface area contributed by atoms with Gasteiger partial charge in [-0.15, -0.1) is 12.4 Å². The quantitative estimate of drug-likeness (QED) is 0.573. The van der Waals surface area contributed by atoms with Gasteiger partial charge in [-0.1, -0.05) is 35.9 Å². The molecule has 0 aliphatic carbocycles. The van der Waals surface area contributed by atoms with Crippen molar-refractivity contribution in [3.63, 3.8) is 0 Å². The maximum Gasteiger partial charge on any atom is 0.161 e. The van der Waals surface area contributed by atoms with Crippen LogP contribution in [0.5, 0.6) is 11.5 Å². The van der Waals surface area contributed by atoms with Gasteiger partial charge < -0.3 is 19.9 Å². The number of hydrogen-bond donors (Lipinski definition) is 2. The van der Waals surface area contributed by atoms with E-state index in [1.807, 2.05) is 18.2 Å². The van der Waals surface area contributed by atoms with Crippen molar-refractivity contribution in [2.45, 2.75) is 39.3 Å². The van der Waals surface area contributed by atoms with Crippen molar-refractivity contribution in [3.05, 3.63) is 59.2 Å². The van der Waals surface area contributed by atoms with Crippen molar-refractivity contribution in [3.8, 4) is 11.5 Å². The Bertz CT molecular complexity index is 649. The second-order valence-corrected chi connectivity index (χ2v) is 6.22. The molecule has 0 aliphatic heterocycles. The second-order valence-electron chi connectivity index (χ2n) is 6.22. The van der Waals surface area contributed by atoms with E-state index in [2.05, 4.69) is 36.5 Å². The van der Waals surface area contributed by atoms with Crippen molar-refractivity contribution >= 4 is 12.4 Å². The third-order valence-corrected chi connectivity index (χ3v) is 4.05. The lowest BCUT2D eigenvalue weighted by molar-refractivity contribution is 0.282. The average molecular weight is 380 g/mol. The van der Waals surface area contributed by atoms with Crippen LogP contribution in [0.2, 0.25) is 0 Å². The van der Waals surface area contributed by atoms with E-state index >= 15 is 0 Å². The van der Waals surface area contributed by atoms with Gasteiger partial charge in [-0.3, -0.25) is 0 Å². The molecular formula is C21H30ClNO3. The number of halogens is 1. The van der Waals surface area contributed by atoms with Crippen LogP contribution in [0.25, 0.3) is 0 Å². The van der Waals surface area contributed by atoms with Crippen molar-refractivity contribution in [1.29, 1.82) is 0 Å². The number of aliphatic hydroxyl groups is 1. The summed E-state index contributed by atoms with van der Waals surface area (Å²) in [6, 6.07) is 14.4. The van der Waals surface area contributed by atoms with E-state index < -0.39 is 0 Å². The first kappa shape index (κ1) is 22.3. The van der Waals surface area contributed by atoms with Gasteiger partial charge in [-0.25, -0.2) is 0 Å². The summed E-state index contributed by atoms with van der Waals surface area (Å²) in [5.74, 6) is 1.52. The molecule has 4 nitrogen and oxygen atoms in total. The molecule has 5 heteroatoms. The molecule has 0 saturated heterocycles. The van der Waals surface area contributed by atoms with Gasteiger partial charge in [0.1, 0.15) is 6.61 Å². The maximum absolute atomic E-state index is 8.77. The number of methoxy groups -OCH3 is 1. The zero-order chi connectivity index (χ0) is 17.9. The number of benzene rings is 2. The Labute approximate surface area is 162 Å². The summed E-state index contributed by atoms with van der Waals surface area (Å²) in [4.78, 5) is 0. The largest absolute Gasteiger partial charge is 0.493 e. The van der Waals surface area contributed by atoms with E-state index in [1.54, 1.807) is 7.11 Å². The van der Waals surface area contributed by atoms with Crippen LogP contribution in [-0.2, 0) is 13.2 Å². The van der Waals surface area contributed by atoms with Crippen LogP contribution in [0.3, 0.4) is 0 Å². The van der Waals surface area contributed by atoms with Gasteiger partial charge in [0.25, 0.3) is 0 Å². The minimum Gasteiger partial charge on any atom is -0.493 e. The third-order valence-electron chi connectivity index (χ3n) is 4.05. The van der Waals surface area contributed by atoms with Crippen LogP contribution in [0, 0.1) is 6.92 Å². The first-order valence-electron chi connectivity index (χ1n) is 8.90. The van der Waals surface area contributed by atoms with Crippen LogP contribution < -0.4 is 14.8 Å². The Morgan fingerprint density at radius 2 is 1.81 bits per heavy atom. The van der Waals surface area contributed by atoms with E-state index in [9.17, 15) is 0 Å². The Hall–Kier alpha value is -1.75. The standard InChI is InChI=1S/C21H29NO3.ClH/c1-17-7-6-8-19(13-17)16-25-20-10-9-18(14-21(20)24-2)15-22-11-4-3-5-12-23;/h6-10,13-14,22-23H,3-5,11-12,15-16H2,1-2H3;1H. The Morgan fingerprint density at radius 3 is 2.54 bits per heavy atom. The maximum atomic E-state index is 8.77. The Balaban J connectivity index is 0.00000338. The fraction of sp³-hybridized carbons (Fsp3) is 0.429. The molecule has 0 unspecified atom stereocenters. The summed E-state index contributed by atoms with van der Waals surface area (Å²) in [5.41, 5.74) is 3.55. The van der Waals surface area contributed by atoms with Crippen molar-refractivity contribution in [2.24, 2.45) is 0 Å². The molecule has 0 fully saturated rings. The van der Waals surface area contributed by atoms with Gasteiger partial charge >= 0.3 is 0 Å². The predicted molar refractivity (Wildman–Crippen MR) is 108 cm³/mol. The molecule has 2 aromatic rings. The van der Waals surface area contributed by atoms with Gasteiger partial charge in [-0.2, -0.15) is 0 Å². The lowest BCUT2D eigenvalue weighted by atomic mass is 10.1. The first-order valence-corrected chi connectivity index (χ1v) is 8.90. The molecule has 0 heterocycles. The van der Waals surface area contributed by atoms with Crippen LogP contribution >= 0.6 is 12.4 Å². The van der Waals surface area contributed by atoms with Gasteiger partial charge in [-0.05, 0) is 56.0 Å². The highest BCUT2D eigenvalue weighted by Crippen LogP contribution is 2.29. The van der Waals surface area contributed by atoms with Crippen LogP contribution in [-0.4, -0.2) is 25.4 Å². The summed E-state index contributed by atoms with van der Waals surface area (Å²) in [5, 5.41) is 12.2. The minimum absolute atomic E-state index is 0. The lowest BCUT2D eigenvalue weighted by Gasteiger charge is -2.13. The molecule has 0 atom stereocenters. The van der Waals surface area contributed by atoms with Gasteiger partial charge in [0.05, 0.1) is 7.11 Å². The first-order chi connectivity index (χ1) is 12.2. The zero-order valence-corrected chi connectivity index (χ0v) is 16.5. The fourth-order valence-corrected chi connectivity index (χ4v) is 2.68. The number of ether oxygens (including phenoxy) is 2.